The summed E-state index contributed by atoms with van der Waals surface area (Å²) >= 11 is 0. The molecule has 0 atom stereocenters. The molecule has 1 rings (SSSR count). The predicted octanol–water partition coefficient (Wildman–Crippen LogP) is 0.772. The Labute approximate surface area is 110 Å². The van der Waals surface area contributed by atoms with Crippen molar-refractivity contribution in [1.29, 1.82) is 0 Å². The lowest BCUT2D eigenvalue weighted by Gasteiger charge is -2.36. The lowest BCUT2D eigenvalue weighted by molar-refractivity contribution is -0.121. The van der Waals surface area contributed by atoms with E-state index in [4.69, 9.17) is 0 Å². The van der Waals surface area contributed by atoms with Gasteiger partial charge in [0.2, 0.25) is 5.91 Å². The average molecular weight is 254 g/mol. The molecule has 0 unspecified atom stereocenters. The molecule has 0 spiro atoms. The van der Waals surface area contributed by atoms with Crippen LogP contribution in [0.1, 0.15) is 26.2 Å². The normalized spacial score (nSPS) is 17.8. The van der Waals surface area contributed by atoms with Gasteiger partial charge in [-0.2, -0.15) is 0 Å². The highest BCUT2D eigenvalue weighted by Gasteiger charge is 2.23. The molecule has 18 heavy (non-hydrogen) atoms. The summed E-state index contributed by atoms with van der Waals surface area (Å²) in [7, 11) is 5.77. The van der Waals surface area contributed by atoms with Gasteiger partial charge in [-0.05, 0) is 25.7 Å². The van der Waals surface area contributed by atoms with Gasteiger partial charge in [0, 0.05) is 47.2 Å². The third kappa shape index (κ3) is 4.20. The Morgan fingerprint density at radius 1 is 1.39 bits per heavy atom. The molecular formula is C13H26N4O. The zero-order chi connectivity index (χ0) is 13.5. The van der Waals surface area contributed by atoms with Gasteiger partial charge in [-0.15, -0.1) is 0 Å². The van der Waals surface area contributed by atoms with E-state index in [1.54, 1.807) is 7.05 Å². The summed E-state index contributed by atoms with van der Waals surface area (Å²) in [6.07, 6.45) is 2.81. The standard InChI is InChI=1S/C13H26N4O/c1-5-15-13(16(3)4)17-8-6-11(7-9-17)10-12(18)14-2/h11H,5-10H2,1-4H3,(H,14,18). The van der Waals surface area contributed by atoms with Crippen LogP contribution < -0.4 is 5.32 Å². The van der Waals surface area contributed by atoms with Crippen molar-refractivity contribution < 1.29 is 4.79 Å². The van der Waals surface area contributed by atoms with E-state index in [1.807, 2.05) is 14.1 Å². The van der Waals surface area contributed by atoms with Crippen LogP contribution in [0.25, 0.3) is 0 Å². The molecule has 0 aliphatic carbocycles. The van der Waals surface area contributed by atoms with Crippen molar-refractivity contribution in [3.05, 3.63) is 0 Å². The largest absolute Gasteiger partial charge is 0.359 e. The fourth-order valence-electron chi connectivity index (χ4n) is 2.37. The monoisotopic (exact) mass is 254 g/mol. The van der Waals surface area contributed by atoms with Gasteiger partial charge in [-0.25, -0.2) is 0 Å². The van der Waals surface area contributed by atoms with Crippen molar-refractivity contribution in [1.82, 2.24) is 15.1 Å². The maximum Gasteiger partial charge on any atom is 0.220 e. The van der Waals surface area contributed by atoms with E-state index in [-0.39, 0.29) is 5.91 Å². The first-order valence-corrected chi connectivity index (χ1v) is 6.75. The third-order valence-corrected chi connectivity index (χ3v) is 3.35. The van der Waals surface area contributed by atoms with Crippen molar-refractivity contribution in [2.45, 2.75) is 26.2 Å². The number of carbonyl (C=O) groups is 1. The van der Waals surface area contributed by atoms with Crippen molar-refractivity contribution in [3.63, 3.8) is 0 Å². The summed E-state index contributed by atoms with van der Waals surface area (Å²) in [5, 5.41) is 2.70. The number of guanidine groups is 1. The number of rotatable bonds is 3. The lowest BCUT2D eigenvalue weighted by Crippen LogP contribution is -2.45. The molecule has 0 aromatic rings. The van der Waals surface area contributed by atoms with Gasteiger partial charge in [-0.1, -0.05) is 0 Å². The molecule has 0 aromatic heterocycles. The van der Waals surface area contributed by atoms with Gasteiger partial charge >= 0.3 is 0 Å². The van der Waals surface area contributed by atoms with Crippen LogP contribution in [0.4, 0.5) is 0 Å². The maximum atomic E-state index is 11.3. The number of nitrogens with zero attached hydrogens (tertiary/aromatic N) is 3. The molecule has 1 fully saturated rings. The van der Waals surface area contributed by atoms with Crippen LogP contribution >= 0.6 is 0 Å². The van der Waals surface area contributed by atoms with Gasteiger partial charge in [0.1, 0.15) is 0 Å². The van der Waals surface area contributed by atoms with Crippen molar-refractivity contribution in [2.75, 3.05) is 40.8 Å². The summed E-state index contributed by atoms with van der Waals surface area (Å²) in [6.45, 7) is 4.87. The van der Waals surface area contributed by atoms with Crippen LogP contribution in [0.5, 0.6) is 0 Å². The van der Waals surface area contributed by atoms with Crippen LogP contribution in [0.3, 0.4) is 0 Å². The molecule has 0 aromatic carbocycles. The molecule has 104 valence electrons. The first-order valence-electron chi connectivity index (χ1n) is 6.75. The summed E-state index contributed by atoms with van der Waals surface area (Å²) in [5.41, 5.74) is 0. The minimum absolute atomic E-state index is 0.156. The molecule has 1 aliphatic rings. The number of aliphatic imine (C=N–C) groups is 1. The average Bonchev–Trinajstić information content (AvgIpc) is 2.36. The Hall–Kier alpha value is -1.26. The molecule has 1 saturated heterocycles. The van der Waals surface area contributed by atoms with E-state index in [0.717, 1.165) is 38.4 Å². The molecule has 1 amide bonds. The van der Waals surface area contributed by atoms with E-state index >= 15 is 0 Å². The van der Waals surface area contributed by atoms with Crippen LogP contribution in [0.15, 0.2) is 4.99 Å². The zero-order valence-electron chi connectivity index (χ0n) is 12.1. The van der Waals surface area contributed by atoms with Gasteiger partial charge in [0.05, 0.1) is 0 Å². The molecule has 5 nitrogen and oxygen atoms in total. The number of piperidine rings is 1. The SMILES string of the molecule is CCN=C(N(C)C)N1CCC(CC(=O)NC)CC1. The molecule has 5 heteroatoms. The van der Waals surface area contributed by atoms with Crippen molar-refractivity contribution in [3.8, 4) is 0 Å². The van der Waals surface area contributed by atoms with E-state index in [1.165, 1.54) is 0 Å². The Bertz CT molecular complexity index is 293. The molecular weight excluding hydrogens is 228 g/mol. The maximum absolute atomic E-state index is 11.3. The quantitative estimate of drug-likeness (QED) is 0.598. The Morgan fingerprint density at radius 3 is 2.44 bits per heavy atom. The number of nitrogens with one attached hydrogen (secondary N) is 1. The van der Waals surface area contributed by atoms with Gasteiger partial charge in [-0.3, -0.25) is 9.79 Å². The Balaban J connectivity index is 2.47. The third-order valence-electron chi connectivity index (χ3n) is 3.35. The number of likely N-dealkylation sites (tertiary alicyclic amines) is 1. The fraction of sp³-hybridized carbons (Fsp3) is 0.846. The van der Waals surface area contributed by atoms with E-state index in [0.29, 0.717) is 12.3 Å². The highest BCUT2D eigenvalue weighted by molar-refractivity contribution is 5.80. The Kier molecular flexibility index (Phi) is 5.95. The molecule has 0 saturated carbocycles. The predicted molar refractivity (Wildman–Crippen MR) is 74.6 cm³/mol. The van der Waals surface area contributed by atoms with Crippen LogP contribution in [0, 0.1) is 5.92 Å². The summed E-state index contributed by atoms with van der Waals surface area (Å²) in [6, 6.07) is 0. The first kappa shape index (κ1) is 14.8. The van der Waals surface area contributed by atoms with Crippen molar-refractivity contribution >= 4 is 11.9 Å². The van der Waals surface area contributed by atoms with Crippen LogP contribution in [-0.2, 0) is 4.79 Å². The highest BCUT2D eigenvalue weighted by Crippen LogP contribution is 2.21. The number of hydrogen-bond donors (Lipinski definition) is 1. The zero-order valence-corrected chi connectivity index (χ0v) is 12.1. The van der Waals surface area contributed by atoms with Gasteiger partial charge in [0.25, 0.3) is 0 Å². The second-order valence-electron chi connectivity index (χ2n) is 4.98. The second-order valence-corrected chi connectivity index (χ2v) is 4.98. The summed E-state index contributed by atoms with van der Waals surface area (Å²) < 4.78 is 0. The van der Waals surface area contributed by atoms with Gasteiger partial charge < -0.3 is 15.1 Å². The number of hydrogen-bond acceptors (Lipinski definition) is 2. The van der Waals surface area contributed by atoms with Crippen LogP contribution in [-0.4, -0.2) is 62.4 Å². The van der Waals surface area contributed by atoms with E-state index < -0.39 is 0 Å². The molecule has 0 bridgehead atoms. The van der Waals surface area contributed by atoms with Crippen molar-refractivity contribution in [2.24, 2.45) is 10.9 Å². The molecule has 1 heterocycles. The molecule has 1 N–H and O–H groups in total. The second kappa shape index (κ2) is 7.24. The van der Waals surface area contributed by atoms with E-state index in [2.05, 4.69) is 27.0 Å². The smallest absolute Gasteiger partial charge is 0.220 e. The fourth-order valence-corrected chi connectivity index (χ4v) is 2.37. The summed E-state index contributed by atoms with van der Waals surface area (Å²) in [5.74, 6) is 1.74. The number of amides is 1. The van der Waals surface area contributed by atoms with E-state index in [9.17, 15) is 4.79 Å². The topological polar surface area (TPSA) is 47.9 Å². The minimum Gasteiger partial charge on any atom is -0.359 e. The number of carbonyl (C=O) groups excluding carboxylic acids is 1. The Morgan fingerprint density at radius 2 is 2.00 bits per heavy atom. The molecule has 0 radical (unpaired) electrons. The minimum atomic E-state index is 0.156. The van der Waals surface area contributed by atoms with Gasteiger partial charge in [0.15, 0.2) is 5.96 Å². The summed E-state index contributed by atoms with van der Waals surface area (Å²) in [4.78, 5) is 20.3. The van der Waals surface area contributed by atoms with Crippen LogP contribution in [0.2, 0.25) is 0 Å². The lowest BCUT2D eigenvalue weighted by atomic mass is 9.93. The highest BCUT2D eigenvalue weighted by atomic mass is 16.1. The first-order chi connectivity index (χ1) is 8.58. The molecule has 1 aliphatic heterocycles.